The third-order valence-electron chi connectivity index (χ3n) is 6.37. The number of diazo groups is 1. The van der Waals surface area contributed by atoms with Crippen molar-refractivity contribution in [1.82, 2.24) is 5.32 Å². The molecule has 0 aliphatic heterocycles. The van der Waals surface area contributed by atoms with E-state index in [-0.39, 0.29) is 16.7 Å². The summed E-state index contributed by atoms with van der Waals surface area (Å²) < 4.78 is 6.15. The summed E-state index contributed by atoms with van der Waals surface area (Å²) in [4.78, 5) is 15.3. The fraction of sp³-hybridized carbons (Fsp3) is 0.500. The van der Waals surface area contributed by atoms with Crippen molar-refractivity contribution >= 4 is 11.6 Å². The zero-order chi connectivity index (χ0) is 23.1. The first-order chi connectivity index (χ1) is 14.6. The van der Waals surface area contributed by atoms with Gasteiger partial charge in [-0.05, 0) is 53.9 Å². The van der Waals surface area contributed by atoms with Crippen LogP contribution in [-0.4, -0.2) is 19.1 Å². The summed E-state index contributed by atoms with van der Waals surface area (Å²) in [5.74, 6) is 0.778. The first-order valence-corrected chi connectivity index (χ1v) is 11.2. The molecule has 0 bridgehead atoms. The van der Waals surface area contributed by atoms with E-state index in [9.17, 15) is 4.79 Å². The summed E-state index contributed by atoms with van der Waals surface area (Å²) in [6.07, 6.45) is 2.82. The Hall–Kier alpha value is -2.87. The Bertz CT molecular complexity index is 925. The lowest BCUT2D eigenvalue weighted by Crippen LogP contribution is -2.25. The molecule has 0 atom stereocenters. The minimum Gasteiger partial charge on any atom is -0.493 e. The maximum absolute atomic E-state index is 12.2. The maximum Gasteiger partial charge on any atom is 0.385 e. The number of nitrogens with zero attached hydrogens (tertiary/aromatic N) is 2. The van der Waals surface area contributed by atoms with Crippen LogP contribution in [0.4, 0.5) is 5.69 Å². The molecule has 1 amide bonds. The fourth-order valence-electron chi connectivity index (χ4n) is 3.24. The lowest BCUT2D eigenvalue weighted by Gasteiger charge is -2.30. The number of hydrogen-bond acceptors (Lipinski definition) is 3. The van der Waals surface area contributed by atoms with Gasteiger partial charge in [0.1, 0.15) is 5.75 Å². The number of nitrogens with one attached hydrogen (secondary N) is 1. The first-order valence-electron chi connectivity index (χ1n) is 11.2. The Morgan fingerprint density at radius 3 is 2.23 bits per heavy atom. The van der Waals surface area contributed by atoms with Gasteiger partial charge in [0, 0.05) is 29.8 Å². The van der Waals surface area contributed by atoms with Crippen molar-refractivity contribution in [3.8, 4) is 5.75 Å². The average Bonchev–Trinajstić information content (AvgIpc) is 2.78. The molecule has 0 saturated carbocycles. The molecule has 0 fully saturated rings. The summed E-state index contributed by atoms with van der Waals surface area (Å²) in [6, 6.07) is 13.1. The third-order valence-corrected chi connectivity index (χ3v) is 6.37. The van der Waals surface area contributed by atoms with Gasteiger partial charge in [-0.1, -0.05) is 53.7 Å². The van der Waals surface area contributed by atoms with Gasteiger partial charge >= 0.3 is 5.69 Å². The van der Waals surface area contributed by atoms with Gasteiger partial charge in [0.25, 0.3) is 5.91 Å². The molecule has 0 aliphatic carbocycles. The molecule has 5 nitrogen and oxygen atoms in total. The van der Waals surface area contributed by atoms with E-state index in [1.165, 1.54) is 11.1 Å². The predicted octanol–water partition coefficient (Wildman–Crippen LogP) is 6.75. The lowest BCUT2D eigenvalue weighted by molar-refractivity contribution is 0.0951. The molecule has 2 rings (SSSR count). The van der Waals surface area contributed by atoms with E-state index in [1.807, 2.05) is 0 Å². The number of benzene rings is 2. The highest BCUT2D eigenvalue weighted by Gasteiger charge is 2.26. The van der Waals surface area contributed by atoms with E-state index in [2.05, 4.69) is 70.0 Å². The number of ether oxygens (including phenoxy) is 1. The smallest absolute Gasteiger partial charge is 0.385 e. The summed E-state index contributed by atoms with van der Waals surface area (Å²) in [5.41, 5.74) is 3.69. The molecule has 0 aliphatic rings. The van der Waals surface area contributed by atoms with Gasteiger partial charge in [0.15, 0.2) is 4.98 Å². The molecule has 31 heavy (non-hydrogen) atoms. The predicted molar refractivity (Wildman–Crippen MR) is 127 cm³/mol. The molecule has 5 heteroatoms. The number of rotatable bonds is 10. The van der Waals surface area contributed by atoms with E-state index in [0.717, 1.165) is 18.6 Å². The Labute approximate surface area is 186 Å². The Morgan fingerprint density at radius 1 is 1.00 bits per heavy atom. The second-order valence-electron chi connectivity index (χ2n) is 9.29. The topological polar surface area (TPSA) is 66.5 Å². The van der Waals surface area contributed by atoms with Crippen molar-refractivity contribution in [3.05, 3.63) is 64.1 Å². The van der Waals surface area contributed by atoms with Gasteiger partial charge in [0.2, 0.25) is 5.39 Å². The lowest BCUT2D eigenvalue weighted by atomic mass is 9.76. The minimum atomic E-state index is -0.150. The van der Waals surface area contributed by atoms with Gasteiger partial charge < -0.3 is 10.1 Å². The zero-order valence-electron chi connectivity index (χ0n) is 19.8. The number of amides is 1. The monoisotopic (exact) mass is 422 g/mol. The Kier molecular flexibility index (Phi) is 8.21. The van der Waals surface area contributed by atoms with Crippen LogP contribution in [0, 0.1) is 5.39 Å². The van der Waals surface area contributed by atoms with Crippen LogP contribution in [0.25, 0.3) is 4.98 Å². The zero-order valence-corrected chi connectivity index (χ0v) is 19.8. The van der Waals surface area contributed by atoms with Crippen molar-refractivity contribution < 1.29 is 9.53 Å². The first kappa shape index (κ1) is 24.4. The number of hydrogen-bond donors (Lipinski definition) is 1. The normalized spacial score (nSPS) is 11.6. The third kappa shape index (κ3) is 6.30. The van der Waals surface area contributed by atoms with E-state index in [0.29, 0.717) is 30.8 Å². The second kappa shape index (κ2) is 10.4. The fourth-order valence-corrected chi connectivity index (χ4v) is 3.24. The van der Waals surface area contributed by atoms with Crippen LogP contribution >= 0.6 is 0 Å². The van der Waals surface area contributed by atoms with Crippen LogP contribution < -0.4 is 10.1 Å². The molecule has 0 radical (unpaired) electrons. The van der Waals surface area contributed by atoms with Gasteiger partial charge in [-0.25, -0.2) is 0 Å². The van der Waals surface area contributed by atoms with Gasteiger partial charge in [-0.3, -0.25) is 4.79 Å². The summed E-state index contributed by atoms with van der Waals surface area (Å²) in [6.45, 7) is 14.6. The highest BCUT2D eigenvalue weighted by Crippen LogP contribution is 2.38. The van der Waals surface area contributed by atoms with E-state index in [1.54, 1.807) is 24.3 Å². The van der Waals surface area contributed by atoms with Crippen LogP contribution in [0.2, 0.25) is 0 Å². The molecular formula is C26H36N3O2+. The van der Waals surface area contributed by atoms with Crippen molar-refractivity contribution in [1.29, 1.82) is 5.39 Å². The quantitative estimate of drug-likeness (QED) is 0.340. The minimum absolute atomic E-state index is 0.0242. The van der Waals surface area contributed by atoms with Crippen LogP contribution in [-0.2, 0) is 10.8 Å². The SMILES string of the molecule is CCC(C)(C)c1ccc(OCCCNC(=O)c2ccc([N+]#N)cc2)c(C(C)(C)CC)c1. The molecule has 166 valence electrons. The van der Waals surface area contributed by atoms with Crippen molar-refractivity contribution in [2.24, 2.45) is 0 Å². The van der Waals surface area contributed by atoms with Crippen molar-refractivity contribution in [2.45, 2.75) is 71.6 Å². The molecule has 2 aromatic carbocycles. The summed E-state index contributed by atoms with van der Waals surface area (Å²) in [7, 11) is 0. The average molecular weight is 423 g/mol. The maximum atomic E-state index is 12.2. The Morgan fingerprint density at radius 2 is 1.65 bits per heavy atom. The summed E-state index contributed by atoms with van der Waals surface area (Å²) in [5, 5.41) is 11.6. The molecule has 0 aromatic heterocycles. The Balaban J connectivity index is 1.98. The second-order valence-corrected chi connectivity index (χ2v) is 9.29. The molecule has 2 aromatic rings. The van der Waals surface area contributed by atoms with Gasteiger partial charge in [-0.2, -0.15) is 0 Å². The number of carbonyl (C=O) groups excluding carboxylic acids is 1. The van der Waals surface area contributed by atoms with Crippen LogP contribution in [0.15, 0.2) is 42.5 Å². The highest BCUT2D eigenvalue weighted by atomic mass is 16.5. The highest BCUT2D eigenvalue weighted by molar-refractivity contribution is 5.94. The summed E-state index contributed by atoms with van der Waals surface area (Å²) >= 11 is 0. The van der Waals surface area contributed by atoms with Crippen LogP contribution in [0.5, 0.6) is 5.75 Å². The van der Waals surface area contributed by atoms with Crippen LogP contribution in [0.3, 0.4) is 0 Å². The molecular weight excluding hydrogens is 386 g/mol. The molecule has 0 unspecified atom stereocenters. The molecule has 1 N–H and O–H groups in total. The van der Waals surface area contributed by atoms with E-state index in [4.69, 9.17) is 10.1 Å². The van der Waals surface area contributed by atoms with E-state index < -0.39 is 0 Å². The largest absolute Gasteiger partial charge is 0.493 e. The van der Waals surface area contributed by atoms with Crippen molar-refractivity contribution in [3.63, 3.8) is 0 Å². The molecule has 0 saturated heterocycles. The van der Waals surface area contributed by atoms with Crippen molar-refractivity contribution in [2.75, 3.05) is 13.2 Å². The molecule has 0 spiro atoms. The standard InChI is InChI=1S/C26H35N3O2/c1-7-25(3,4)20-12-15-23(22(18-20)26(5,6)8-2)31-17-9-16-28-24(30)19-10-13-21(29-27)14-11-19/h10-15,18H,7-9,16-17H2,1-6H3/p+1. The molecule has 0 heterocycles. The van der Waals surface area contributed by atoms with E-state index >= 15 is 0 Å². The van der Waals surface area contributed by atoms with Crippen LogP contribution in [0.1, 0.15) is 82.3 Å². The van der Waals surface area contributed by atoms with Gasteiger partial charge in [0.05, 0.1) is 6.61 Å². The number of carbonyl (C=O) groups is 1. The van der Waals surface area contributed by atoms with Gasteiger partial charge in [-0.15, -0.1) is 0 Å².